The van der Waals surface area contributed by atoms with Crippen LogP contribution in [0.25, 0.3) is 0 Å². The molecular formula is C16H18O4S. The number of hydrogen-bond donors (Lipinski definition) is 0. The summed E-state index contributed by atoms with van der Waals surface area (Å²) >= 11 is 0. The molecule has 2 rings (SSSR count). The van der Waals surface area contributed by atoms with Gasteiger partial charge in [-0.25, -0.2) is 8.42 Å². The van der Waals surface area contributed by atoms with Crippen LogP contribution in [0.15, 0.2) is 65.3 Å². The topological polar surface area (TPSA) is 52.6 Å². The lowest BCUT2D eigenvalue weighted by Crippen LogP contribution is -2.19. The predicted molar refractivity (Wildman–Crippen MR) is 82.0 cm³/mol. The highest BCUT2D eigenvalue weighted by atomic mass is 32.2. The van der Waals surface area contributed by atoms with Crippen LogP contribution < -0.4 is 4.74 Å². The van der Waals surface area contributed by atoms with Gasteiger partial charge in [0, 0.05) is 0 Å². The quantitative estimate of drug-likeness (QED) is 0.858. The van der Waals surface area contributed by atoms with E-state index in [0.29, 0.717) is 17.9 Å². The van der Waals surface area contributed by atoms with E-state index in [9.17, 15) is 8.42 Å². The average molecular weight is 306 g/mol. The normalized spacial score (nSPS) is 18.6. The SMILES string of the molecule is COC1=CC=CCC(S(=O)(=O)c2ccc(OC)cc2)C=C1. The molecule has 1 unspecified atom stereocenters. The van der Waals surface area contributed by atoms with E-state index in [4.69, 9.17) is 9.47 Å². The molecule has 21 heavy (non-hydrogen) atoms. The van der Waals surface area contributed by atoms with Crippen molar-refractivity contribution in [3.8, 4) is 5.75 Å². The summed E-state index contributed by atoms with van der Waals surface area (Å²) in [7, 11) is -0.334. The summed E-state index contributed by atoms with van der Waals surface area (Å²) in [5, 5.41) is -0.610. The predicted octanol–water partition coefficient (Wildman–Crippen LogP) is 2.88. The Hall–Kier alpha value is -2.01. The molecule has 4 nitrogen and oxygen atoms in total. The Morgan fingerprint density at radius 3 is 2.43 bits per heavy atom. The standard InChI is InChI=1S/C16H18O4S/c1-19-13-5-3-4-6-15(10-7-13)21(17,18)16-11-8-14(20-2)9-12-16/h3-5,7-12,15H,6H2,1-2H3. The van der Waals surface area contributed by atoms with E-state index >= 15 is 0 Å². The van der Waals surface area contributed by atoms with Gasteiger partial charge in [0.1, 0.15) is 11.5 Å². The number of sulfone groups is 1. The molecule has 0 bridgehead atoms. The summed E-state index contributed by atoms with van der Waals surface area (Å²) in [6, 6.07) is 6.43. The van der Waals surface area contributed by atoms with Crippen LogP contribution in [0.2, 0.25) is 0 Å². The van der Waals surface area contributed by atoms with E-state index < -0.39 is 15.1 Å². The fourth-order valence-electron chi connectivity index (χ4n) is 2.02. The fourth-order valence-corrected chi connectivity index (χ4v) is 3.53. The van der Waals surface area contributed by atoms with Gasteiger partial charge in [0.25, 0.3) is 0 Å². The van der Waals surface area contributed by atoms with Gasteiger partial charge < -0.3 is 9.47 Å². The summed E-state index contributed by atoms with van der Waals surface area (Å²) in [5.74, 6) is 1.26. The first-order valence-corrected chi connectivity index (χ1v) is 8.09. The van der Waals surface area contributed by atoms with Gasteiger partial charge in [-0.05, 0) is 42.8 Å². The zero-order valence-corrected chi connectivity index (χ0v) is 12.8. The number of ether oxygens (including phenoxy) is 2. The Labute approximate surface area is 125 Å². The highest BCUT2D eigenvalue weighted by Gasteiger charge is 2.24. The van der Waals surface area contributed by atoms with Crippen molar-refractivity contribution in [3.05, 3.63) is 60.4 Å². The third-order valence-electron chi connectivity index (χ3n) is 3.26. The van der Waals surface area contributed by atoms with E-state index in [1.807, 2.05) is 6.08 Å². The van der Waals surface area contributed by atoms with Gasteiger partial charge >= 0.3 is 0 Å². The smallest absolute Gasteiger partial charge is 0.185 e. The van der Waals surface area contributed by atoms with E-state index in [2.05, 4.69) is 0 Å². The van der Waals surface area contributed by atoms with Crippen molar-refractivity contribution in [2.24, 2.45) is 0 Å². The fraction of sp³-hybridized carbons (Fsp3) is 0.250. The maximum absolute atomic E-state index is 12.7. The molecule has 0 amide bonds. The van der Waals surface area contributed by atoms with Crippen LogP contribution in [0.5, 0.6) is 5.75 Å². The summed E-state index contributed by atoms with van der Waals surface area (Å²) in [6.07, 6.45) is 9.21. The van der Waals surface area contributed by atoms with E-state index in [1.54, 1.807) is 62.8 Å². The first-order chi connectivity index (χ1) is 10.1. The second-order valence-electron chi connectivity index (χ2n) is 4.56. The van der Waals surface area contributed by atoms with Gasteiger partial charge in [-0.15, -0.1) is 0 Å². The van der Waals surface area contributed by atoms with Crippen LogP contribution in [0.3, 0.4) is 0 Å². The van der Waals surface area contributed by atoms with Gasteiger partial charge in [-0.2, -0.15) is 0 Å². The van der Waals surface area contributed by atoms with Crippen molar-refractivity contribution < 1.29 is 17.9 Å². The summed E-state index contributed by atoms with van der Waals surface area (Å²) < 4.78 is 35.5. The minimum Gasteiger partial charge on any atom is -0.497 e. The van der Waals surface area contributed by atoms with Gasteiger partial charge in [-0.1, -0.05) is 18.2 Å². The van der Waals surface area contributed by atoms with E-state index in [-0.39, 0.29) is 4.90 Å². The molecule has 112 valence electrons. The molecule has 5 heteroatoms. The largest absolute Gasteiger partial charge is 0.497 e. The molecule has 0 N–H and O–H groups in total. The second kappa shape index (κ2) is 6.63. The summed E-state index contributed by atoms with van der Waals surface area (Å²) in [5.41, 5.74) is 0. The average Bonchev–Trinajstić information content (AvgIpc) is 2.47. The number of hydrogen-bond acceptors (Lipinski definition) is 4. The van der Waals surface area contributed by atoms with Crippen molar-refractivity contribution in [2.45, 2.75) is 16.6 Å². The van der Waals surface area contributed by atoms with Crippen LogP contribution in [0, 0.1) is 0 Å². The Morgan fingerprint density at radius 2 is 1.81 bits per heavy atom. The van der Waals surface area contributed by atoms with Gasteiger partial charge in [0.15, 0.2) is 9.84 Å². The summed E-state index contributed by atoms with van der Waals surface area (Å²) in [6.45, 7) is 0. The molecule has 1 aliphatic rings. The molecule has 1 aliphatic carbocycles. The maximum Gasteiger partial charge on any atom is 0.185 e. The van der Waals surface area contributed by atoms with Crippen molar-refractivity contribution >= 4 is 9.84 Å². The Morgan fingerprint density at radius 1 is 1.10 bits per heavy atom. The third-order valence-corrected chi connectivity index (χ3v) is 5.34. The van der Waals surface area contributed by atoms with Crippen LogP contribution >= 0.6 is 0 Å². The van der Waals surface area contributed by atoms with Crippen molar-refractivity contribution in [1.82, 2.24) is 0 Å². The molecule has 0 aliphatic heterocycles. The van der Waals surface area contributed by atoms with Crippen LogP contribution in [0.4, 0.5) is 0 Å². The van der Waals surface area contributed by atoms with Crippen LogP contribution in [-0.2, 0) is 14.6 Å². The number of allylic oxidation sites excluding steroid dienone is 4. The molecule has 0 fully saturated rings. The van der Waals surface area contributed by atoms with E-state index in [0.717, 1.165) is 0 Å². The first-order valence-electron chi connectivity index (χ1n) is 6.55. The summed E-state index contributed by atoms with van der Waals surface area (Å²) in [4.78, 5) is 0.287. The minimum absolute atomic E-state index is 0.287. The van der Waals surface area contributed by atoms with Gasteiger partial charge in [0.05, 0.1) is 24.4 Å². The molecule has 1 atom stereocenters. The number of rotatable bonds is 4. The lowest BCUT2D eigenvalue weighted by Gasteiger charge is -2.14. The molecule has 0 heterocycles. The molecule has 0 saturated carbocycles. The highest BCUT2D eigenvalue weighted by Crippen LogP contribution is 2.23. The second-order valence-corrected chi connectivity index (χ2v) is 6.72. The lowest BCUT2D eigenvalue weighted by atomic mass is 10.2. The molecular weight excluding hydrogens is 288 g/mol. The maximum atomic E-state index is 12.7. The van der Waals surface area contributed by atoms with Crippen molar-refractivity contribution in [3.63, 3.8) is 0 Å². The molecule has 0 saturated heterocycles. The van der Waals surface area contributed by atoms with Crippen molar-refractivity contribution in [2.75, 3.05) is 14.2 Å². The van der Waals surface area contributed by atoms with Crippen LogP contribution in [-0.4, -0.2) is 27.9 Å². The monoisotopic (exact) mass is 306 g/mol. The Balaban J connectivity index is 2.32. The Kier molecular flexibility index (Phi) is 4.85. The van der Waals surface area contributed by atoms with E-state index in [1.165, 1.54) is 0 Å². The molecule has 1 aromatic carbocycles. The molecule has 1 aromatic rings. The number of benzene rings is 1. The zero-order chi connectivity index (χ0) is 15.3. The molecule has 0 spiro atoms. The van der Waals surface area contributed by atoms with Crippen molar-refractivity contribution in [1.29, 1.82) is 0 Å². The third kappa shape index (κ3) is 3.55. The minimum atomic E-state index is -3.43. The molecule has 0 aromatic heterocycles. The van der Waals surface area contributed by atoms with Gasteiger partial charge in [0.2, 0.25) is 0 Å². The van der Waals surface area contributed by atoms with Gasteiger partial charge in [-0.3, -0.25) is 0 Å². The number of methoxy groups -OCH3 is 2. The first kappa shape index (κ1) is 15.4. The Bertz CT molecular complexity index is 667. The lowest BCUT2D eigenvalue weighted by molar-refractivity contribution is 0.306. The van der Waals surface area contributed by atoms with Crippen LogP contribution in [0.1, 0.15) is 6.42 Å². The zero-order valence-electron chi connectivity index (χ0n) is 12.0. The highest BCUT2D eigenvalue weighted by molar-refractivity contribution is 7.92. The molecule has 0 radical (unpaired) electrons.